The molecule has 2 N–H and O–H groups in total. The van der Waals surface area contributed by atoms with E-state index >= 15 is 0 Å². The lowest BCUT2D eigenvalue weighted by molar-refractivity contribution is 0.304. The van der Waals surface area contributed by atoms with Crippen molar-refractivity contribution in [3.63, 3.8) is 0 Å². The molecular weight excluding hydrogens is 262 g/mol. The van der Waals surface area contributed by atoms with Crippen LogP contribution in [0.2, 0.25) is 0 Å². The van der Waals surface area contributed by atoms with Gasteiger partial charge in [0.05, 0.1) is 0 Å². The van der Waals surface area contributed by atoms with Crippen molar-refractivity contribution in [2.24, 2.45) is 5.73 Å². The summed E-state index contributed by atoms with van der Waals surface area (Å²) in [6.07, 6.45) is 4.32. The fraction of sp³-hybridized carbons (Fsp3) is 0.444. The molecule has 1 aromatic heterocycles. The molecule has 1 heterocycles. The largest absolute Gasteiger partial charge is 0.327 e. The molecule has 0 radical (unpaired) electrons. The minimum absolute atomic E-state index is 0.108. The Morgan fingerprint density at radius 1 is 1.10 bits per heavy atom. The van der Waals surface area contributed by atoms with Crippen molar-refractivity contribution < 1.29 is 0 Å². The first-order valence-electron chi connectivity index (χ1n) is 7.55. The van der Waals surface area contributed by atoms with E-state index in [0.717, 1.165) is 25.7 Å². The zero-order valence-corrected chi connectivity index (χ0v) is 13.3. The molecule has 0 aliphatic carbocycles. The van der Waals surface area contributed by atoms with Gasteiger partial charge < -0.3 is 5.73 Å². The lowest BCUT2D eigenvalue weighted by Gasteiger charge is -2.38. The molecule has 0 aliphatic heterocycles. The summed E-state index contributed by atoms with van der Waals surface area (Å²) in [5, 5.41) is 4.37. The third-order valence-corrected chi connectivity index (χ3v) is 5.38. The molecule has 108 valence electrons. The van der Waals surface area contributed by atoms with E-state index in [9.17, 15) is 0 Å². The summed E-state index contributed by atoms with van der Waals surface area (Å²) < 4.78 is 0. The van der Waals surface area contributed by atoms with E-state index in [1.165, 1.54) is 11.1 Å². The van der Waals surface area contributed by atoms with E-state index in [1.54, 1.807) is 11.3 Å². The van der Waals surface area contributed by atoms with E-state index in [0.29, 0.717) is 0 Å². The zero-order chi connectivity index (χ0) is 14.4. The number of aryl methyl sites for hydroxylation is 1. The molecule has 0 fully saturated rings. The molecule has 0 saturated heterocycles. The Labute approximate surface area is 126 Å². The first-order chi connectivity index (χ1) is 9.73. The number of nitrogens with two attached hydrogens (primary N) is 1. The van der Waals surface area contributed by atoms with Gasteiger partial charge in [-0.1, -0.05) is 44.2 Å². The summed E-state index contributed by atoms with van der Waals surface area (Å²) in [5.74, 6) is 0. The molecule has 1 aromatic carbocycles. The van der Waals surface area contributed by atoms with Gasteiger partial charge in [-0.2, -0.15) is 11.3 Å². The highest BCUT2D eigenvalue weighted by Crippen LogP contribution is 2.36. The van der Waals surface area contributed by atoms with Gasteiger partial charge in [0.2, 0.25) is 0 Å². The second-order valence-corrected chi connectivity index (χ2v) is 6.29. The second kappa shape index (κ2) is 7.05. The van der Waals surface area contributed by atoms with Crippen molar-refractivity contribution in [2.45, 2.75) is 51.0 Å². The minimum atomic E-state index is 0.108. The molecule has 0 saturated carbocycles. The smallest absolute Gasteiger partial charge is 0.0139 e. The average molecular weight is 287 g/mol. The third kappa shape index (κ3) is 3.13. The van der Waals surface area contributed by atoms with Gasteiger partial charge >= 0.3 is 0 Å². The summed E-state index contributed by atoms with van der Waals surface area (Å²) in [5.41, 5.74) is 9.54. The molecule has 0 aliphatic rings. The predicted octanol–water partition coefficient (Wildman–Crippen LogP) is 4.77. The van der Waals surface area contributed by atoms with Crippen molar-refractivity contribution in [2.75, 3.05) is 0 Å². The molecule has 1 atom stereocenters. The Morgan fingerprint density at radius 3 is 2.35 bits per heavy atom. The van der Waals surface area contributed by atoms with Crippen LogP contribution in [0.15, 0.2) is 47.2 Å². The third-order valence-electron chi connectivity index (χ3n) is 4.64. The van der Waals surface area contributed by atoms with E-state index < -0.39 is 0 Å². The number of benzene rings is 1. The Hall–Kier alpha value is -1.12. The van der Waals surface area contributed by atoms with Gasteiger partial charge in [0.25, 0.3) is 0 Å². The van der Waals surface area contributed by atoms with Crippen molar-refractivity contribution in [1.29, 1.82) is 0 Å². The summed E-state index contributed by atoms with van der Waals surface area (Å²) in [6, 6.07) is 13.2. The fourth-order valence-electron chi connectivity index (χ4n) is 3.20. The molecule has 20 heavy (non-hydrogen) atoms. The van der Waals surface area contributed by atoms with Crippen LogP contribution in [0.25, 0.3) is 0 Å². The van der Waals surface area contributed by atoms with Gasteiger partial charge in [0, 0.05) is 11.5 Å². The summed E-state index contributed by atoms with van der Waals surface area (Å²) in [4.78, 5) is 0. The lowest BCUT2D eigenvalue weighted by Crippen LogP contribution is -2.45. The summed E-state index contributed by atoms with van der Waals surface area (Å²) in [6.45, 7) is 4.53. The SMILES string of the molecule is CCC(CC)(c1ccccc1)C(N)CCc1ccsc1. The highest BCUT2D eigenvalue weighted by Gasteiger charge is 2.34. The van der Waals surface area contributed by atoms with Gasteiger partial charge in [-0.05, 0) is 53.6 Å². The Morgan fingerprint density at radius 2 is 1.80 bits per heavy atom. The number of hydrogen-bond acceptors (Lipinski definition) is 2. The topological polar surface area (TPSA) is 26.0 Å². The minimum Gasteiger partial charge on any atom is -0.327 e. The second-order valence-electron chi connectivity index (χ2n) is 5.51. The molecule has 0 bridgehead atoms. The average Bonchev–Trinajstić information content (AvgIpc) is 3.01. The van der Waals surface area contributed by atoms with Crippen molar-refractivity contribution in [1.82, 2.24) is 0 Å². The molecule has 2 aromatic rings. The van der Waals surface area contributed by atoms with Crippen LogP contribution >= 0.6 is 11.3 Å². The molecular formula is C18H25NS. The van der Waals surface area contributed by atoms with Crippen molar-refractivity contribution in [3.05, 3.63) is 58.3 Å². The standard InChI is InChI=1S/C18H25NS/c1-3-18(4-2,16-8-6-5-7-9-16)17(19)11-10-15-12-13-20-14-15/h5-9,12-14,17H,3-4,10-11,19H2,1-2H3. The normalized spacial score (nSPS) is 13.3. The Bertz CT molecular complexity index is 485. The zero-order valence-electron chi connectivity index (χ0n) is 12.5. The van der Waals surface area contributed by atoms with Crippen molar-refractivity contribution in [3.8, 4) is 0 Å². The number of hydrogen-bond donors (Lipinski definition) is 1. The molecule has 0 spiro atoms. The molecule has 0 amide bonds. The number of rotatable bonds is 7. The molecule has 1 unspecified atom stereocenters. The quantitative estimate of drug-likeness (QED) is 0.780. The van der Waals surface area contributed by atoms with Gasteiger partial charge in [-0.3, -0.25) is 0 Å². The molecule has 2 rings (SSSR count). The summed E-state index contributed by atoms with van der Waals surface area (Å²) in [7, 11) is 0. The number of thiophene rings is 1. The maximum atomic E-state index is 6.63. The maximum Gasteiger partial charge on any atom is 0.0139 e. The van der Waals surface area contributed by atoms with E-state index in [4.69, 9.17) is 5.73 Å². The predicted molar refractivity (Wildman–Crippen MR) is 89.3 cm³/mol. The van der Waals surface area contributed by atoms with Crippen LogP contribution in [0.3, 0.4) is 0 Å². The van der Waals surface area contributed by atoms with Gasteiger partial charge in [0.1, 0.15) is 0 Å². The lowest BCUT2D eigenvalue weighted by atomic mass is 9.69. The summed E-state index contributed by atoms with van der Waals surface area (Å²) >= 11 is 1.77. The van der Waals surface area contributed by atoms with Crippen LogP contribution in [0.1, 0.15) is 44.2 Å². The van der Waals surface area contributed by atoms with E-state index in [1.807, 2.05) is 0 Å². The highest BCUT2D eigenvalue weighted by molar-refractivity contribution is 7.07. The monoisotopic (exact) mass is 287 g/mol. The fourth-order valence-corrected chi connectivity index (χ4v) is 3.90. The van der Waals surface area contributed by atoms with Gasteiger partial charge in [-0.25, -0.2) is 0 Å². The van der Waals surface area contributed by atoms with E-state index in [-0.39, 0.29) is 11.5 Å². The van der Waals surface area contributed by atoms with Crippen LogP contribution < -0.4 is 5.73 Å². The van der Waals surface area contributed by atoms with Crippen LogP contribution in [0.4, 0.5) is 0 Å². The van der Waals surface area contributed by atoms with Crippen LogP contribution in [-0.4, -0.2) is 6.04 Å². The highest BCUT2D eigenvalue weighted by atomic mass is 32.1. The van der Waals surface area contributed by atoms with Gasteiger partial charge in [-0.15, -0.1) is 0 Å². The maximum absolute atomic E-state index is 6.63. The Kier molecular flexibility index (Phi) is 5.38. The Balaban J connectivity index is 2.15. The first kappa shape index (κ1) is 15.3. The van der Waals surface area contributed by atoms with Gasteiger partial charge in [0.15, 0.2) is 0 Å². The molecule has 1 nitrogen and oxygen atoms in total. The first-order valence-corrected chi connectivity index (χ1v) is 8.49. The van der Waals surface area contributed by atoms with Crippen LogP contribution in [0.5, 0.6) is 0 Å². The van der Waals surface area contributed by atoms with Crippen LogP contribution in [-0.2, 0) is 11.8 Å². The van der Waals surface area contributed by atoms with Crippen LogP contribution in [0, 0.1) is 0 Å². The van der Waals surface area contributed by atoms with Crippen molar-refractivity contribution >= 4 is 11.3 Å². The van der Waals surface area contributed by atoms with E-state index in [2.05, 4.69) is 61.0 Å². The molecule has 2 heteroatoms.